The standard InChI is InChI=1S/C16H25N3OS/c1-3-21-14-10-6-8-12(15(14)16(17)18)19(2)11-7-4-5-9-13(11)20/h6,8,10-11,13,20H,3-5,7,9H2,1-2H3,(H3,17,18). The van der Waals surface area contributed by atoms with E-state index in [0.29, 0.717) is 0 Å². The second-order valence-corrected chi connectivity index (χ2v) is 6.83. The molecule has 5 heteroatoms. The number of nitrogens with zero attached hydrogens (tertiary/aromatic N) is 1. The lowest BCUT2D eigenvalue weighted by atomic mass is 9.91. The molecule has 0 heterocycles. The van der Waals surface area contributed by atoms with E-state index >= 15 is 0 Å². The van der Waals surface area contributed by atoms with Gasteiger partial charge >= 0.3 is 0 Å². The van der Waals surface area contributed by atoms with Crippen molar-refractivity contribution >= 4 is 23.3 Å². The van der Waals surface area contributed by atoms with Crippen molar-refractivity contribution in [2.45, 2.75) is 49.6 Å². The molecule has 1 aromatic carbocycles. The van der Waals surface area contributed by atoms with Crippen LogP contribution >= 0.6 is 11.8 Å². The van der Waals surface area contributed by atoms with Gasteiger partial charge in [0.2, 0.25) is 0 Å². The number of likely N-dealkylation sites (N-methyl/N-ethyl adjacent to an activating group) is 1. The molecule has 0 aliphatic heterocycles. The summed E-state index contributed by atoms with van der Waals surface area (Å²) in [5.41, 5.74) is 7.58. The van der Waals surface area contributed by atoms with Crippen molar-refractivity contribution in [2.24, 2.45) is 5.73 Å². The Morgan fingerprint density at radius 2 is 2.14 bits per heavy atom. The highest BCUT2D eigenvalue weighted by Gasteiger charge is 2.28. The summed E-state index contributed by atoms with van der Waals surface area (Å²) in [6.07, 6.45) is 3.78. The highest BCUT2D eigenvalue weighted by Crippen LogP contribution is 2.33. The molecule has 4 nitrogen and oxygen atoms in total. The molecule has 1 fully saturated rings. The van der Waals surface area contributed by atoms with Gasteiger partial charge in [-0.3, -0.25) is 5.41 Å². The van der Waals surface area contributed by atoms with Crippen LogP contribution in [-0.4, -0.2) is 35.9 Å². The molecule has 0 radical (unpaired) electrons. The number of anilines is 1. The van der Waals surface area contributed by atoms with Gasteiger partial charge in [0.15, 0.2) is 0 Å². The molecule has 0 spiro atoms. The normalized spacial score (nSPS) is 22.0. The zero-order valence-corrected chi connectivity index (χ0v) is 13.6. The summed E-state index contributed by atoms with van der Waals surface area (Å²) in [5.74, 6) is 1.04. The van der Waals surface area contributed by atoms with Gasteiger partial charge in [0.1, 0.15) is 5.84 Å². The van der Waals surface area contributed by atoms with Crippen LogP contribution in [-0.2, 0) is 0 Å². The summed E-state index contributed by atoms with van der Waals surface area (Å²) in [5, 5.41) is 18.2. The lowest BCUT2D eigenvalue weighted by molar-refractivity contribution is 0.106. The number of benzene rings is 1. The number of aliphatic hydroxyl groups excluding tert-OH is 1. The van der Waals surface area contributed by atoms with Crippen molar-refractivity contribution in [3.05, 3.63) is 23.8 Å². The fraction of sp³-hybridized carbons (Fsp3) is 0.562. The van der Waals surface area contributed by atoms with E-state index in [1.54, 1.807) is 11.8 Å². The molecule has 1 aliphatic rings. The molecule has 1 aliphatic carbocycles. The van der Waals surface area contributed by atoms with Crippen LogP contribution in [0.4, 0.5) is 5.69 Å². The Bertz CT molecular complexity index is 506. The highest BCUT2D eigenvalue weighted by atomic mass is 32.2. The Morgan fingerprint density at radius 3 is 2.76 bits per heavy atom. The number of nitrogen functional groups attached to an aromatic ring is 1. The van der Waals surface area contributed by atoms with Crippen LogP contribution < -0.4 is 10.6 Å². The predicted molar refractivity (Wildman–Crippen MR) is 90.5 cm³/mol. The number of nitrogens with two attached hydrogens (primary N) is 1. The molecular weight excluding hydrogens is 282 g/mol. The minimum Gasteiger partial charge on any atom is -0.391 e. The molecule has 4 N–H and O–H groups in total. The molecule has 1 saturated carbocycles. The van der Waals surface area contributed by atoms with Gasteiger partial charge in [-0.1, -0.05) is 25.8 Å². The topological polar surface area (TPSA) is 73.3 Å². The number of hydrogen-bond donors (Lipinski definition) is 3. The number of aliphatic hydroxyl groups is 1. The summed E-state index contributed by atoms with van der Waals surface area (Å²) in [4.78, 5) is 3.15. The molecule has 21 heavy (non-hydrogen) atoms. The van der Waals surface area contributed by atoms with Crippen LogP contribution in [0.15, 0.2) is 23.1 Å². The van der Waals surface area contributed by atoms with E-state index in [1.165, 1.54) is 0 Å². The van der Waals surface area contributed by atoms with Gasteiger partial charge in [0.25, 0.3) is 0 Å². The van der Waals surface area contributed by atoms with Crippen LogP contribution in [0, 0.1) is 5.41 Å². The second-order valence-electron chi connectivity index (χ2n) is 5.53. The number of rotatable bonds is 5. The van der Waals surface area contributed by atoms with Gasteiger partial charge in [-0.25, -0.2) is 0 Å². The Balaban J connectivity index is 2.37. The van der Waals surface area contributed by atoms with E-state index in [1.807, 2.05) is 25.2 Å². The predicted octanol–water partition coefficient (Wildman–Crippen LogP) is 2.82. The minimum absolute atomic E-state index is 0.0960. The first-order valence-corrected chi connectivity index (χ1v) is 8.56. The molecule has 116 valence electrons. The third-order valence-electron chi connectivity index (χ3n) is 4.14. The number of thioether (sulfide) groups is 1. The summed E-state index contributed by atoms with van der Waals surface area (Å²) in [6.45, 7) is 2.09. The van der Waals surface area contributed by atoms with Crippen molar-refractivity contribution < 1.29 is 5.11 Å². The van der Waals surface area contributed by atoms with Gasteiger partial charge in [-0.05, 0) is 30.7 Å². The van der Waals surface area contributed by atoms with Crippen molar-refractivity contribution in [1.82, 2.24) is 0 Å². The van der Waals surface area contributed by atoms with E-state index in [2.05, 4.69) is 11.8 Å². The first kappa shape index (κ1) is 16.2. The number of hydrogen-bond acceptors (Lipinski definition) is 4. The van der Waals surface area contributed by atoms with Crippen molar-refractivity contribution in [3.8, 4) is 0 Å². The molecule has 0 bridgehead atoms. The molecule has 2 rings (SSSR count). The fourth-order valence-corrected chi connectivity index (χ4v) is 3.93. The van der Waals surface area contributed by atoms with Gasteiger partial charge in [-0.2, -0.15) is 0 Å². The van der Waals surface area contributed by atoms with E-state index in [-0.39, 0.29) is 18.0 Å². The zero-order valence-electron chi connectivity index (χ0n) is 12.8. The van der Waals surface area contributed by atoms with Gasteiger partial charge in [-0.15, -0.1) is 11.8 Å². The van der Waals surface area contributed by atoms with Gasteiger partial charge in [0.05, 0.1) is 17.7 Å². The third kappa shape index (κ3) is 3.52. The fourth-order valence-electron chi connectivity index (χ4n) is 3.08. The smallest absolute Gasteiger partial charge is 0.126 e. The van der Waals surface area contributed by atoms with Crippen LogP contribution in [0.3, 0.4) is 0 Å². The maximum Gasteiger partial charge on any atom is 0.126 e. The van der Waals surface area contributed by atoms with Gasteiger partial charge < -0.3 is 15.7 Å². The van der Waals surface area contributed by atoms with E-state index in [4.69, 9.17) is 11.1 Å². The molecule has 0 amide bonds. The lowest BCUT2D eigenvalue weighted by Crippen LogP contribution is -2.44. The first-order valence-electron chi connectivity index (χ1n) is 7.57. The highest BCUT2D eigenvalue weighted by molar-refractivity contribution is 7.99. The van der Waals surface area contributed by atoms with Crippen LogP contribution in [0.25, 0.3) is 0 Å². The molecule has 1 aromatic rings. The van der Waals surface area contributed by atoms with E-state index < -0.39 is 0 Å². The third-order valence-corrected chi connectivity index (χ3v) is 5.08. The summed E-state index contributed by atoms with van der Waals surface area (Å²) in [6, 6.07) is 6.13. The molecule has 0 saturated heterocycles. The number of nitrogens with one attached hydrogen (secondary N) is 1. The maximum atomic E-state index is 10.3. The second kappa shape index (κ2) is 7.18. The molecular formula is C16H25N3OS. The van der Waals surface area contributed by atoms with Crippen LogP contribution in [0.5, 0.6) is 0 Å². The average Bonchev–Trinajstić information content (AvgIpc) is 2.47. The van der Waals surface area contributed by atoms with Crippen molar-refractivity contribution in [2.75, 3.05) is 17.7 Å². The van der Waals surface area contributed by atoms with Crippen molar-refractivity contribution in [1.29, 1.82) is 5.41 Å². The molecule has 2 atom stereocenters. The summed E-state index contributed by atoms with van der Waals surface area (Å²) in [7, 11) is 2.00. The summed E-state index contributed by atoms with van der Waals surface area (Å²) < 4.78 is 0. The first-order chi connectivity index (χ1) is 10.1. The Morgan fingerprint density at radius 1 is 1.43 bits per heavy atom. The Hall–Kier alpha value is -1.20. The summed E-state index contributed by atoms with van der Waals surface area (Å²) >= 11 is 1.70. The SMILES string of the molecule is CCSc1cccc(N(C)C2CCCCC2O)c1C(=N)N. The van der Waals surface area contributed by atoms with Crippen LogP contribution in [0.2, 0.25) is 0 Å². The van der Waals surface area contributed by atoms with E-state index in [9.17, 15) is 5.11 Å². The van der Waals surface area contributed by atoms with Crippen LogP contribution in [0.1, 0.15) is 38.2 Å². The Kier molecular flexibility index (Phi) is 5.53. The molecule has 0 aromatic heterocycles. The monoisotopic (exact) mass is 307 g/mol. The van der Waals surface area contributed by atoms with Crippen molar-refractivity contribution in [3.63, 3.8) is 0 Å². The minimum atomic E-state index is -0.300. The number of amidine groups is 1. The largest absolute Gasteiger partial charge is 0.391 e. The van der Waals surface area contributed by atoms with Gasteiger partial charge in [0, 0.05) is 17.6 Å². The van der Waals surface area contributed by atoms with E-state index in [0.717, 1.165) is 47.6 Å². The maximum absolute atomic E-state index is 10.3. The molecule has 2 unspecified atom stereocenters. The Labute approximate surface area is 131 Å². The quantitative estimate of drug-likeness (QED) is 0.444. The zero-order chi connectivity index (χ0) is 15.4. The lowest BCUT2D eigenvalue weighted by Gasteiger charge is -2.37. The average molecular weight is 307 g/mol.